The topological polar surface area (TPSA) is 38.0 Å². The first kappa shape index (κ1) is 15.4. The molecule has 3 rings (SSSR count). The van der Waals surface area contributed by atoms with Crippen molar-refractivity contribution in [2.45, 2.75) is 26.2 Å². The van der Waals surface area contributed by atoms with Crippen LogP contribution in [-0.2, 0) is 0 Å². The highest BCUT2D eigenvalue weighted by molar-refractivity contribution is 5.83. The first-order valence-electron chi connectivity index (χ1n) is 8.22. The van der Waals surface area contributed by atoms with Gasteiger partial charge in [-0.1, -0.05) is 55.5 Å². The molecule has 0 spiro atoms. The largest absolute Gasteiger partial charge is 0.398 e. The molecule has 0 aliphatic heterocycles. The Morgan fingerprint density at radius 3 is 2.52 bits per heavy atom. The number of rotatable bonds is 5. The molecule has 0 aliphatic rings. The molecule has 0 bridgehead atoms. The number of nitrogen functional groups attached to an aromatic ring is 1. The summed E-state index contributed by atoms with van der Waals surface area (Å²) in [7, 11) is 0. The van der Waals surface area contributed by atoms with Crippen molar-refractivity contribution in [2.24, 2.45) is 0 Å². The van der Waals surface area contributed by atoms with Gasteiger partial charge in [0.15, 0.2) is 0 Å². The summed E-state index contributed by atoms with van der Waals surface area (Å²) in [5.41, 5.74) is 10.4. The van der Waals surface area contributed by atoms with Gasteiger partial charge < -0.3 is 11.1 Å². The van der Waals surface area contributed by atoms with E-state index in [-0.39, 0.29) is 0 Å². The Kier molecular flexibility index (Phi) is 4.52. The summed E-state index contributed by atoms with van der Waals surface area (Å²) in [6, 6.07) is 21.5. The second-order valence-electron chi connectivity index (χ2n) is 6.29. The minimum Gasteiger partial charge on any atom is -0.398 e. The predicted molar refractivity (Wildman–Crippen MR) is 101 cm³/mol. The number of aryl methyl sites for hydroxylation is 1. The van der Waals surface area contributed by atoms with E-state index in [0.717, 1.165) is 29.9 Å². The summed E-state index contributed by atoms with van der Waals surface area (Å²) in [6.45, 7) is 5.26. The van der Waals surface area contributed by atoms with Gasteiger partial charge in [-0.15, -0.1) is 0 Å². The molecule has 0 heterocycles. The summed E-state index contributed by atoms with van der Waals surface area (Å²) in [5, 5.41) is 6.09. The van der Waals surface area contributed by atoms with Crippen molar-refractivity contribution in [1.29, 1.82) is 0 Å². The van der Waals surface area contributed by atoms with Crippen molar-refractivity contribution in [3.63, 3.8) is 0 Å². The van der Waals surface area contributed by atoms with Crippen LogP contribution >= 0.6 is 0 Å². The van der Waals surface area contributed by atoms with Crippen molar-refractivity contribution in [3.8, 4) is 0 Å². The lowest BCUT2D eigenvalue weighted by atomic mass is 9.95. The van der Waals surface area contributed by atoms with Crippen molar-refractivity contribution in [2.75, 3.05) is 17.6 Å². The van der Waals surface area contributed by atoms with E-state index in [1.807, 2.05) is 13.0 Å². The van der Waals surface area contributed by atoms with Crippen LogP contribution in [0.5, 0.6) is 0 Å². The summed E-state index contributed by atoms with van der Waals surface area (Å²) in [6.07, 6.45) is 1.09. The van der Waals surface area contributed by atoms with E-state index in [0.29, 0.717) is 5.92 Å². The van der Waals surface area contributed by atoms with E-state index in [4.69, 9.17) is 5.73 Å². The van der Waals surface area contributed by atoms with Crippen LogP contribution in [-0.4, -0.2) is 6.54 Å². The molecule has 0 aliphatic carbocycles. The minimum atomic E-state index is 0.523. The van der Waals surface area contributed by atoms with E-state index < -0.39 is 0 Å². The number of nitrogens with one attached hydrogen (secondary N) is 1. The van der Waals surface area contributed by atoms with Gasteiger partial charge in [0.25, 0.3) is 0 Å². The van der Waals surface area contributed by atoms with Gasteiger partial charge in [-0.25, -0.2) is 0 Å². The van der Waals surface area contributed by atoms with Crippen LogP contribution in [0, 0.1) is 6.92 Å². The average molecular weight is 304 g/mol. The average Bonchev–Trinajstić information content (AvgIpc) is 2.57. The molecule has 2 nitrogen and oxygen atoms in total. The van der Waals surface area contributed by atoms with Gasteiger partial charge in [0.1, 0.15) is 0 Å². The molecular weight excluding hydrogens is 280 g/mol. The molecule has 0 saturated carbocycles. The highest BCUT2D eigenvalue weighted by Gasteiger charge is 2.06. The Morgan fingerprint density at radius 2 is 1.74 bits per heavy atom. The van der Waals surface area contributed by atoms with Gasteiger partial charge >= 0.3 is 0 Å². The third kappa shape index (κ3) is 3.65. The lowest BCUT2D eigenvalue weighted by molar-refractivity contribution is 0.707. The molecule has 118 valence electrons. The maximum Gasteiger partial charge on any atom is 0.0364 e. The number of hydrogen-bond donors (Lipinski definition) is 2. The summed E-state index contributed by atoms with van der Waals surface area (Å²) < 4.78 is 0. The molecule has 0 radical (unpaired) electrons. The normalized spacial score (nSPS) is 12.3. The van der Waals surface area contributed by atoms with E-state index in [9.17, 15) is 0 Å². The fourth-order valence-corrected chi connectivity index (χ4v) is 2.86. The van der Waals surface area contributed by atoms with E-state index in [1.165, 1.54) is 16.3 Å². The van der Waals surface area contributed by atoms with Gasteiger partial charge in [0.2, 0.25) is 0 Å². The monoisotopic (exact) mass is 304 g/mol. The number of benzene rings is 3. The molecule has 3 N–H and O–H groups in total. The number of fused-ring (bicyclic) bond motifs is 1. The van der Waals surface area contributed by atoms with Crippen molar-refractivity contribution in [1.82, 2.24) is 0 Å². The molecular formula is C21H24N2. The second-order valence-corrected chi connectivity index (χ2v) is 6.29. The van der Waals surface area contributed by atoms with Crippen LogP contribution in [0.25, 0.3) is 10.8 Å². The van der Waals surface area contributed by atoms with Crippen LogP contribution in [0.2, 0.25) is 0 Å². The van der Waals surface area contributed by atoms with Crippen molar-refractivity contribution in [3.05, 3.63) is 71.8 Å². The molecule has 1 atom stereocenters. The minimum absolute atomic E-state index is 0.523. The van der Waals surface area contributed by atoms with E-state index >= 15 is 0 Å². The molecule has 0 aromatic heterocycles. The number of nitrogens with two attached hydrogens (primary N) is 1. The quantitative estimate of drug-likeness (QED) is 0.625. The number of anilines is 2. The zero-order valence-corrected chi connectivity index (χ0v) is 13.8. The SMILES string of the molecule is Cc1ccc(NCCC(C)c2ccc3ccccc3c2)cc1N. The first-order chi connectivity index (χ1) is 11.1. The lowest BCUT2D eigenvalue weighted by Crippen LogP contribution is -2.06. The van der Waals surface area contributed by atoms with Crippen LogP contribution < -0.4 is 11.1 Å². The zero-order chi connectivity index (χ0) is 16.2. The molecule has 3 aromatic carbocycles. The number of hydrogen-bond acceptors (Lipinski definition) is 2. The van der Waals surface area contributed by atoms with Crippen LogP contribution in [0.15, 0.2) is 60.7 Å². The summed E-state index contributed by atoms with van der Waals surface area (Å²) in [5.74, 6) is 0.523. The van der Waals surface area contributed by atoms with Crippen molar-refractivity contribution < 1.29 is 0 Å². The van der Waals surface area contributed by atoms with Crippen LogP contribution in [0.4, 0.5) is 11.4 Å². The third-order valence-corrected chi connectivity index (χ3v) is 4.53. The Balaban J connectivity index is 1.61. The Morgan fingerprint density at radius 1 is 0.957 bits per heavy atom. The Bertz CT molecular complexity index is 808. The highest BCUT2D eigenvalue weighted by atomic mass is 14.9. The molecule has 0 fully saturated rings. The molecule has 0 amide bonds. The smallest absolute Gasteiger partial charge is 0.0364 e. The van der Waals surface area contributed by atoms with Gasteiger partial charge in [-0.05, 0) is 53.3 Å². The molecule has 23 heavy (non-hydrogen) atoms. The van der Waals surface area contributed by atoms with E-state index in [2.05, 4.69) is 66.8 Å². The van der Waals surface area contributed by atoms with Gasteiger partial charge in [-0.2, -0.15) is 0 Å². The zero-order valence-electron chi connectivity index (χ0n) is 13.8. The predicted octanol–water partition coefficient (Wildman–Crippen LogP) is 5.34. The van der Waals surface area contributed by atoms with E-state index in [1.54, 1.807) is 0 Å². The molecule has 3 aromatic rings. The summed E-state index contributed by atoms with van der Waals surface area (Å²) in [4.78, 5) is 0. The van der Waals surface area contributed by atoms with Gasteiger partial charge in [-0.3, -0.25) is 0 Å². The van der Waals surface area contributed by atoms with Crippen LogP contribution in [0.1, 0.15) is 30.4 Å². The van der Waals surface area contributed by atoms with Crippen LogP contribution in [0.3, 0.4) is 0 Å². The standard InChI is InChI=1S/C21H24N2/c1-15(11-12-23-20-10-7-16(2)21(22)14-20)18-9-8-17-5-3-4-6-19(17)13-18/h3-10,13-15,23H,11-12,22H2,1-2H3. The summed E-state index contributed by atoms with van der Waals surface area (Å²) >= 11 is 0. The molecule has 0 saturated heterocycles. The third-order valence-electron chi connectivity index (χ3n) is 4.53. The fraction of sp³-hybridized carbons (Fsp3) is 0.238. The molecule has 1 unspecified atom stereocenters. The Labute approximate surface area is 138 Å². The lowest BCUT2D eigenvalue weighted by Gasteiger charge is -2.14. The first-order valence-corrected chi connectivity index (χ1v) is 8.22. The highest BCUT2D eigenvalue weighted by Crippen LogP contribution is 2.24. The second kappa shape index (κ2) is 6.74. The maximum atomic E-state index is 5.96. The van der Waals surface area contributed by atoms with Gasteiger partial charge in [0.05, 0.1) is 0 Å². The Hall–Kier alpha value is -2.48. The van der Waals surface area contributed by atoms with Crippen molar-refractivity contribution >= 4 is 22.1 Å². The maximum absolute atomic E-state index is 5.96. The van der Waals surface area contributed by atoms with Gasteiger partial charge in [0, 0.05) is 17.9 Å². The molecule has 2 heteroatoms. The fourth-order valence-electron chi connectivity index (χ4n) is 2.86.